The second-order valence-corrected chi connectivity index (χ2v) is 4.71. The van der Waals surface area contributed by atoms with Crippen LogP contribution in [0.4, 0.5) is 13.2 Å². The lowest BCUT2D eigenvalue weighted by Crippen LogP contribution is -2.07. The SMILES string of the molecule is OCCOc1nn(-c2cccc(C(F)(F)F)c2)c2ncccc12. The molecule has 8 heteroatoms. The summed E-state index contributed by atoms with van der Waals surface area (Å²) in [6.07, 6.45) is -2.92. The Hall–Kier alpha value is -2.61. The minimum atomic E-state index is -4.44. The number of ether oxygens (including phenoxy) is 1. The Balaban J connectivity index is 2.13. The molecular formula is C15H12F3N3O2. The topological polar surface area (TPSA) is 60.2 Å². The van der Waals surface area contributed by atoms with Gasteiger partial charge in [-0.2, -0.15) is 13.2 Å². The quantitative estimate of drug-likeness (QED) is 0.802. The van der Waals surface area contributed by atoms with Gasteiger partial charge >= 0.3 is 6.18 Å². The van der Waals surface area contributed by atoms with Crippen molar-refractivity contribution in [2.45, 2.75) is 6.18 Å². The van der Waals surface area contributed by atoms with Crippen molar-refractivity contribution >= 4 is 11.0 Å². The number of aromatic nitrogens is 3. The van der Waals surface area contributed by atoms with Crippen molar-refractivity contribution in [2.24, 2.45) is 0 Å². The number of pyridine rings is 1. The standard InChI is InChI=1S/C15H12F3N3O2/c16-15(17,18)10-3-1-4-11(9-10)21-13-12(5-2-6-19-13)14(20-21)23-8-7-22/h1-6,9,22H,7-8H2. The van der Waals surface area contributed by atoms with Gasteiger partial charge in [-0.15, -0.1) is 5.10 Å². The van der Waals surface area contributed by atoms with E-state index in [-0.39, 0.29) is 24.8 Å². The van der Waals surface area contributed by atoms with Crippen LogP contribution in [-0.4, -0.2) is 33.1 Å². The molecule has 0 fully saturated rings. The van der Waals surface area contributed by atoms with Crippen LogP contribution >= 0.6 is 0 Å². The number of aliphatic hydroxyl groups is 1. The number of halogens is 3. The van der Waals surface area contributed by atoms with Gasteiger partial charge in [-0.1, -0.05) is 6.07 Å². The first kappa shape index (κ1) is 15.3. The van der Waals surface area contributed by atoms with Crippen molar-refractivity contribution in [1.29, 1.82) is 0 Å². The van der Waals surface area contributed by atoms with E-state index in [1.807, 2.05) is 0 Å². The molecule has 23 heavy (non-hydrogen) atoms. The van der Waals surface area contributed by atoms with Gasteiger partial charge in [0.2, 0.25) is 5.88 Å². The average molecular weight is 323 g/mol. The highest BCUT2D eigenvalue weighted by Crippen LogP contribution is 2.32. The molecule has 0 unspecified atom stereocenters. The highest BCUT2D eigenvalue weighted by molar-refractivity contribution is 5.82. The summed E-state index contributed by atoms with van der Waals surface area (Å²) in [6.45, 7) is -0.165. The normalized spacial score (nSPS) is 11.8. The van der Waals surface area contributed by atoms with Crippen LogP contribution in [0.2, 0.25) is 0 Å². The van der Waals surface area contributed by atoms with Gasteiger partial charge in [0.25, 0.3) is 0 Å². The summed E-state index contributed by atoms with van der Waals surface area (Å²) in [5, 5.41) is 13.6. The van der Waals surface area contributed by atoms with E-state index in [0.717, 1.165) is 12.1 Å². The van der Waals surface area contributed by atoms with Crippen molar-refractivity contribution in [1.82, 2.24) is 14.8 Å². The first-order chi connectivity index (χ1) is 11.0. The largest absolute Gasteiger partial charge is 0.474 e. The lowest BCUT2D eigenvalue weighted by atomic mass is 10.2. The molecule has 1 N–H and O–H groups in total. The summed E-state index contributed by atoms with van der Waals surface area (Å²) in [7, 11) is 0. The highest BCUT2D eigenvalue weighted by Gasteiger charge is 2.30. The van der Waals surface area contributed by atoms with Crippen LogP contribution in [0, 0.1) is 0 Å². The van der Waals surface area contributed by atoms with Gasteiger partial charge in [0.1, 0.15) is 6.61 Å². The minimum Gasteiger partial charge on any atom is -0.474 e. The first-order valence-electron chi connectivity index (χ1n) is 6.76. The summed E-state index contributed by atoms with van der Waals surface area (Å²) in [4.78, 5) is 4.15. The third-order valence-corrected chi connectivity index (χ3v) is 3.16. The van der Waals surface area contributed by atoms with Crippen LogP contribution in [0.15, 0.2) is 42.6 Å². The molecule has 0 amide bonds. The number of hydrogen-bond acceptors (Lipinski definition) is 4. The molecule has 2 aromatic heterocycles. The molecule has 120 valence electrons. The first-order valence-corrected chi connectivity index (χ1v) is 6.76. The molecule has 0 radical (unpaired) electrons. The summed E-state index contributed by atoms with van der Waals surface area (Å²) in [5.74, 6) is 0.208. The van der Waals surface area contributed by atoms with Gasteiger partial charge in [-0.3, -0.25) is 0 Å². The van der Waals surface area contributed by atoms with Crippen molar-refractivity contribution in [3.05, 3.63) is 48.2 Å². The third-order valence-electron chi connectivity index (χ3n) is 3.16. The lowest BCUT2D eigenvalue weighted by molar-refractivity contribution is -0.137. The Kier molecular flexibility index (Phi) is 3.91. The van der Waals surface area contributed by atoms with Gasteiger partial charge in [-0.05, 0) is 30.3 Å². The molecule has 0 saturated carbocycles. The van der Waals surface area contributed by atoms with Crippen LogP contribution < -0.4 is 4.74 Å². The van der Waals surface area contributed by atoms with E-state index in [2.05, 4.69) is 10.1 Å². The summed E-state index contributed by atoms with van der Waals surface area (Å²) < 4.78 is 45.2. The van der Waals surface area contributed by atoms with Gasteiger partial charge in [0, 0.05) is 6.20 Å². The zero-order valence-corrected chi connectivity index (χ0v) is 11.8. The van der Waals surface area contributed by atoms with Gasteiger partial charge in [-0.25, -0.2) is 9.67 Å². The zero-order chi connectivity index (χ0) is 16.4. The molecule has 0 saturated heterocycles. The maximum absolute atomic E-state index is 12.9. The second kappa shape index (κ2) is 5.88. The number of alkyl halides is 3. The third kappa shape index (κ3) is 2.98. The van der Waals surface area contributed by atoms with Gasteiger partial charge < -0.3 is 9.84 Å². The molecule has 0 aliphatic heterocycles. The monoisotopic (exact) mass is 323 g/mol. The van der Waals surface area contributed by atoms with E-state index < -0.39 is 11.7 Å². The molecule has 0 aliphatic carbocycles. The fourth-order valence-electron chi connectivity index (χ4n) is 2.17. The van der Waals surface area contributed by atoms with E-state index in [0.29, 0.717) is 11.0 Å². The van der Waals surface area contributed by atoms with Gasteiger partial charge in [0.15, 0.2) is 5.65 Å². The Bertz CT molecular complexity index is 830. The second-order valence-electron chi connectivity index (χ2n) is 4.71. The van der Waals surface area contributed by atoms with E-state index in [4.69, 9.17) is 9.84 Å². The molecule has 3 rings (SSSR count). The number of rotatable bonds is 4. The summed E-state index contributed by atoms with van der Waals surface area (Å²) in [5.41, 5.74) is -0.172. The van der Waals surface area contributed by atoms with E-state index >= 15 is 0 Å². The van der Waals surface area contributed by atoms with Gasteiger partial charge in [0.05, 0.1) is 23.2 Å². The fraction of sp³-hybridized carbons (Fsp3) is 0.200. The van der Waals surface area contributed by atoms with Crippen LogP contribution in [0.3, 0.4) is 0 Å². The van der Waals surface area contributed by atoms with Crippen LogP contribution in [0.5, 0.6) is 5.88 Å². The number of hydrogen-bond donors (Lipinski definition) is 1. The van der Waals surface area contributed by atoms with Crippen LogP contribution in [0.1, 0.15) is 5.56 Å². The molecule has 0 atom stereocenters. The molecular weight excluding hydrogens is 311 g/mol. The highest BCUT2D eigenvalue weighted by atomic mass is 19.4. The summed E-state index contributed by atoms with van der Waals surface area (Å²) >= 11 is 0. The van der Waals surface area contributed by atoms with Crippen molar-refractivity contribution in [3.8, 4) is 11.6 Å². The predicted octanol–water partition coefficient (Wildman–Crippen LogP) is 2.81. The number of aliphatic hydroxyl groups excluding tert-OH is 1. The Morgan fingerprint density at radius 3 is 2.74 bits per heavy atom. The van der Waals surface area contributed by atoms with Crippen LogP contribution in [-0.2, 0) is 6.18 Å². The molecule has 0 aliphatic rings. The molecule has 3 aromatic rings. The fourth-order valence-corrected chi connectivity index (χ4v) is 2.17. The van der Waals surface area contributed by atoms with E-state index in [1.165, 1.54) is 23.0 Å². The maximum atomic E-state index is 12.9. The molecule has 2 heterocycles. The molecule has 5 nitrogen and oxygen atoms in total. The number of benzene rings is 1. The molecule has 0 bridgehead atoms. The van der Waals surface area contributed by atoms with Crippen molar-refractivity contribution in [3.63, 3.8) is 0 Å². The van der Waals surface area contributed by atoms with Crippen LogP contribution in [0.25, 0.3) is 16.7 Å². The average Bonchev–Trinajstić information content (AvgIpc) is 2.91. The molecule has 0 spiro atoms. The Morgan fingerprint density at radius 2 is 2.00 bits per heavy atom. The maximum Gasteiger partial charge on any atom is 0.416 e. The zero-order valence-electron chi connectivity index (χ0n) is 11.8. The molecule has 1 aromatic carbocycles. The minimum absolute atomic E-state index is 0.0313. The smallest absolute Gasteiger partial charge is 0.416 e. The Labute approximate surface area is 128 Å². The number of nitrogens with zero attached hydrogens (tertiary/aromatic N) is 3. The Morgan fingerprint density at radius 1 is 1.17 bits per heavy atom. The van der Waals surface area contributed by atoms with Crippen molar-refractivity contribution in [2.75, 3.05) is 13.2 Å². The predicted molar refractivity (Wildman–Crippen MR) is 76.4 cm³/mol. The summed E-state index contributed by atoms with van der Waals surface area (Å²) in [6, 6.07) is 8.18. The van der Waals surface area contributed by atoms with E-state index in [9.17, 15) is 13.2 Å². The number of fused-ring (bicyclic) bond motifs is 1. The van der Waals surface area contributed by atoms with Crippen molar-refractivity contribution < 1.29 is 23.0 Å². The van der Waals surface area contributed by atoms with E-state index in [1.54, 1.807) is 12.1 Å². The lowest BCUT2D eigenvalue weighted by Gasteiger charge is -2.08.